The highest BCUT2D eigenvalue weighted by Crippen LogP contribution is 2.10. The zero-order valence-electron chi connectivity index (χ0n) is 7.16. The lowest BCUT2D eigenvalue weighted by Crippen LogP contribution is -2.20. The van der Waals surface area contributed by atoms with Crippen LogP contribution in [0.4, 0.5) is 0 Å². The maximum atomic E-state index is 5.74. The topological polar surface area (TPSA) is 52.0 Å². The number of hydrogen-bond donors (Lipinski definition) is 2. The highest BCUT2D eigenvalue weighted by molar-refractivity contribution is 5.85. The molecule has 0 heterocycles. The molecule has 4 N–H and O–H groups in total. The summed E-state index contributed by atoms with van der Waals surface area (Å²) in [5, 5.41) is 0. The molecule has 0 unspecified atom stereocenters. The second kappa shape index (κ2) is 5.14. The third-order valence-electron chi connectivity index (χ3n) is 1.72. The number of benzene rings is 1. The SMILES string of the molecule is Cc1cccc([C@H](N)CN)c1.Cl. The highest BCUT2D eigenvalue weighted by Gasteiger charge is 2.01. The Balaban J connectivity index is 0.00000121. The molecule has 0 aliphatic carbocycles. The Morgan fingerprint density at radius 3 is 2.58 bits per heavy atom. The first-order valence-corrected chi connectivity index (χ1v) is 3.76. The summed E-state index contributed by atoms with van der Waals surface area (Å²) in [4.78, 5) is 0. The molecule has 3 heteroatoms. The minimum atomic E-state index is -0.0186. The van der Waals surface area contributed by atoms with Crippen LogP contribution < -0.4 is 11.5 Å². The molecule has 12 heavy (non-hydrogen) atoms. The van der Waals surface area contributed by atoms with Gasteiger partial charge in [0.2, 0.25) is 0 Å². The normalized spacial score (nSPS) is 11.9. The van der Waals surface area contributed by atoms with Crippen molar-refractivity contribution in [2.24, 2.45) is 11.5 Å². The molecule has 0 spiro atoms. The van der Waals surface area contributed by atoms with Gasteiger partial charge >= 0.3 is 0 Å². The lowest BCUT2D eigenvalue weighted by molar-refractivity contribution is 0.736. The second-order valence-electron chi connectivity index (χ2n) is 2.76. The van der Waals surface area contributed by atoms with Gasteiger partial charge in [0.15, 0.2) is 0 Å². The van der Waals surface area contributed by atoms with E-state index in [1.807, 2.05) is 25.1 Å². The predicted octanol–water partition coefficient (Wildman–Crippen LogP) is 1.38. The lowest BCUT2D eigenvalue weighted by Gasteiger charge is -2.08. The smallest absolute Gasteiger partial charge is 0.0419 e. The van der Waals surface area contributed by atoms with Crippen LogP contribution in [0.5, 0.6) is 0 Å². The molecular formula is C9H15ClN2. The Morgan fingerprint density at radius 2 is 2.08 bits per heavy atom. The van der Waals surface area contributed by atoms with Gasteiger partial charge in [0, 0.05) is 12.6 Å². The Hall–Kier alpha value is -0.570. The summed E-state index contributed by atoms with van der Waals surface area (Å²) in [6.07, 6.45) is 0. The van der Waals surface area contributed by atoms with Crippen molar-refractivity contribution < 1.29 is 0 Å². The zero-order valence-corrected chi connectivity index (χ0v) is 7.97. The van der Waals surface area contributed by atoms with Crippen molar-refractivity contribution in [3.8, 4) is 0 Å². The van der Waals surface area contributed by atoms with E-state index in [0.717, 1.165) is 5.56 Å². The Kier molecular flexibility index (Phi) is 4.90. The number of halogens is 1. The Morgan fingerprint density at radius 1 is 1.42 bits per heavy atom. The molecule has 0 saturated carbocycles. The molecule has 0 amide bonds. The first kappa shape index (κ1) is 11.4. The fraction of sp³-hybridized carbons (Fsp3) is 0.333. The molecular weight excluding hydrogens is 172 g/mol. The van der Waals surface area contributed by atoms with Gasteiger partial charge in [-0.25, -0.2) is 0 Å². The molecule has 1 atom stereocenters. The van der Waals surface area contributed by atoms with Crippen molar-refractivity contribution in [2.75, 3.05) is 6.54 Å². The standard InChI is InChI=1S/C9H14N2.ClH/c1-7-3-2-4-8(5-7)9(11)6-10;/h2-5,9H,6,10-11H2,1H3;1H/t9-;/m1./s1. The van der Waals surface area contributed by atoms with Gasteiger partial charge in [0.1, 0.15) is 0 Å². The van der Waals surface area contributed by atoms with Crippen LogP contribution in [0, 0.1) is 6.92 Å². The number of hydrogen-bond acceptors (Lipinski definition) is 2. The average molecular weight is 187 g/mol. The summed E-state index contributed by atoms with van der Waals surface area (Å²) in [7, 11) is 0. The molecule has 1 rings (SSSR count). The average Bonchev–Trinajstić information content (AvgIpc) is 2.03. The van der Waals surface area contributed by atoms with Crippen LogP contribution in [0.1, 0.15) is 17.2 Å². The monoisotopic (exact) mass is 186 g/mol. The van der Waals surface area contributed by atoms with Gasteiger partial charge in [-0.1, -0.05) is 29.8 Å². The summed E-state index contributed by atoms with van der Waals surface area (Å²) >= 11 is 0. The van der Waals surface area contributed by atoms with Crippen molar-refractivity contribution in [1.82, 2.24) is 0 Å². The maximum Gasteiger partial charge on any atom is 0.0419 e. The molecule has 0 aliphatic rings. The number of nitrogens with two attached hydrogens (primary N) is 2. The van der Waals surface area contributed by atoms with Crippen LogP contribution >= 0.6 is 12.4 Å². The molecule has 68 valence electrons. The van der Waals surface area contributed by atoms with Gasteiger partial charge in [-0.3, -0.25) is 0 Å². The molecule has 0 aromatic heterocycles. The summed E-state index contributed by atoms with van der Waals surface area (Å²) in [5.41, 5.74) is 13.5. The van der Waals surface area contributed by atoms with Gasteiger partial charge < -0.3 is 11.5 Å². The molecule has 0 aliphatic heterocycles. The van der Waals surface area contributed by atoms with Crippen LogP contribution in [0.25, 0.3) is 0 Å². The molecule has 1 aromatic carbocycles. The van der Waals surface area contributed by atoms with Gasteiger partial charge in [0.25, 0.3) is 0 Å². The molecule has 0 radical (unpaired) electrons. The lowest BCUT2D eigenvalue weighted by atomic mass is 10.1. The van der Waals surface area contributed by atoms with Crippen LogP contribution in [0.2, 0.25) is 0 Å². The van der Waals surface area contributed by atoms with Crippen molar-refractivity contribution in [3.05, 3.63) is 35.4 Å². The van der Waals surface area contributed by atoms with E-state index in [1.165, 1.54) is 5.56 Å². The Bertz CT molecular complexity index is 238. The fourth-order valence-corrected chi connectivity index (χ4v) is 1.04. The quantitative estimate of drug-likeness (QED) is 0.733. The van der Waals surface area contributed by atoms with E-state index < -0.39 is 0 Å². The van der Waals surface area contributed by atoms with Crippen molar-refractivity contribution in [1.29, 1.82) is 0 Å². The van der Waals surface area contributed by atoms with E-state index in [4.69, 9.17) is 11.5 Å². The van der Waals surface area contributed by atoms with Crippen molar-refractivity contribution in [2.45, 2.75) is 13.0 Å². The summed E-state index contributed by atoms with van der Waals surface area (Å²) < 4.78 is 0. The van der Waals surface area contributed by atoms with Crippen LogP contribution in [-0.2, 0) is 0 Å². The van der Waals surface area contributed by atoms with Crippen LogP contribution in [0.3, 0.4) is 0 Å². The minimum Gasteiger partial charge on any atom is -0.329 e. The van der Waals surface area contributed by atoms with E-state index in [-0.39, 0.29) is 18.4 Å². The van der Waals surface area contributed by atoms with Crippen LogP contribution in [0.15, 0.2) is 24.3 Å². The maximum absolute atomic E-state index is 5.74. The summed E-state index contributed by atoms with van der Waals surface area (Å²) in [5.74, 6) is 0. The van der Waals surface area contributed by atoms with Crippen molar-refractivity contribution >= 4 is 12.4 Å². The van der Waals surface area contributed by atoms with E-state index >= 15 is 0 Å². The summed E-state index contributed by atoms with van der Waals surface area (Å²) in [6, 6.07) is 8.10. The third kappa shape index (κ3) is 2.81. The first-order valence-electron chi connectivity index (χ1n) is 3.76. The minimum absolute atomic E-state index is 0. The fourth-order valence-electron chi connectivity index (χ4n) is 1.04. The van der Waals surface area contributed by atoms with Gasteiger partial charge in [-0.05, 0) is 12.5 Å². The van der Waals surface area contributed by atoms with E-state index in [2.05, 4.69) is 6.07 Å². The first-order chi connectivity index (χ1) is 5.24. The molecule has 2 nitrogen and oxygen atoms in total. The molecule has 0 saturated heterocycles. The highest BCUT2D eigenvalue weighted by atomic mass is 35.5. The number of rotatable bonds is 2. The van der Waals surface area contributed by atoms with Gasteiger partial charge in [-0.15, -0.1) is 12.4 Å². The molecule has 0 fully saturated rings. The van der Waals surface area contributed by atoms with Crippen molar-refractivity contribution in [3.63, 3.8) is 0 Å². The Labute approximate surface area is 79.4 Å². The van der Waals surface area contributed by atoms with E-state index in [9.17, 15) is 0 Å². The van der Waals surface area contributed by atoms with Gasteiger partial charge in [-0.2, -0.15) is 0 Å². The predicted molar refractivity (Wildman–Crippen MR) is 54.4 cm³/mol. The summed E-state index contributed by atoms with van der Waals surface area (Å²) in [6.45, 7) is 2.55. The molecule has 1 aromatic rings. The zero-order chi connectivity index (χ0) is 8.27. The van der Waals surface area contributed by atoms with Crippen LogP contribution in [-0.4, -0.2) is 6.54 Å². The second-order valence-corrected chi connectivity index (χ2v) is 2.76. The number of aryl methyl sites for hydroxylation is 1. The largest absolute Gasteiger partial charge is 0.329 e. The molecule has 0 bridgehead atoms. The third-order valence-corrected chi connectivity index (χ3v) is 1.72. The van der Waals surface area contributed by atoms with Gasteiger partial charge in [0.05, 0.1) is 0 Å². The van der Waals surface area contributed by atoms with E-state index in [0.29, 0.717) is 6.54 Å². The van der Waals surface area contributed by atoms with E-state index in [1.54, 1.807) is 0 Å².